The van der Waals surface area contributed by atoms with E-state index in [4.69, 9.17) is 0 Å². The largest absolute Gasteiger partial charge is 0.0654 e. The average molecular weight is 140 g/mol. The molecular weight excluding hydrogens is 124 g/mol. The molecule has 0 bridgehead atoms. The summed E-state index contributed by atoms with van der Waals surface area (Å²) >= 11 is 0. The van der Waals surface area contributed by atoms with Gasteiger partial charge in [-0.3, -0.25) is 0 Å². The Labute approximate surface area is 83.0 Å². The summed E-state index contributed by atoms with van der Waals surface area (Å²) in [4.78, 5) is 0. The summed E-state index contributed by atoms with van der Waals surface area (Å²) < 4.78 is 0. The van der Waals surface area contributed by atoms with Crippen LogP contribution >= 0.6 is 0 Å². The second-order valence-corrected chi connectivity index (χ2v) is 2.06. The van der Waals surface area contributed by atoms with Crippen molar-refractivity contribution in [3.05, 3.63) is 0 Å². The van der Waals surface area contributed by atoms with E-state index in [1.807, 2.05) is 0 Å². The Bertz CT molecular complexity index is 23.6. The fourth-order valence-electron chi connectivity index (χ4n) is 0.677. The first-order valence-corrected chi connectivity index (χ1v) is 3.41. The van der Waals surface area contributed by atoms with Gasteiger partial charge in [-0.15, -0.1) is 0 Å². The van der Waals surface area contributed by atoms with E-state index in [0.717, 1.165) is 0 Å². The van der Waals surface area contributed by atoms with Gasteiger partial charge in [0.25, 0.3) is 0 Å². The van der Waals surface area contributed by atoms with Gasteiger partial charge in [0, 0.05) is 37.7 Å². The summed E-state index contributed by atoms with van der Waals surface area (Å²) in [5.74, 6) is 0. The van der Waals surface area contributed by atoms with E-state index in [0.29, 0.717) is 0 Å². The minimum atomic E-state index is 0. The molecule has 0 aromatic rings. The summed E-state index contributed by atoms with van der Waals surface area (Å²) in [5.41, 5.74) is 0. The van der Waals surface area contributed by atoms with Gasteiger partial charge in [0.2, 0.25) is 0 Å². The first kappa shape index (κ1) is 12.0. The zero-order valence-electron chi connectivity index (χ0n) is 6.24. The van der Waals surface area contributed by atoms with Crippen molar-refractivity contribution in [2.24, 2.45) is 0 Å². The normalized spacial score (nSPS) is 8.25. The van der Waals surface area contributed by atoms with E-state index in [1.54, 1.807) is 0 Å². The molecule has 0 saturated heterocycles. The van der Waals surface area contributed by atoms with Gasteiger partial charge in [0.15, 0.2) is 0 Å². The van der Waals surface area contributed by atoms with Crippen LogP contribution in [0.15, 0.2) is 0 Å². The first-order valence-electron chi connectivity index (χ1n) is 3.41. The molecule has 0 aromatic carbocycles. The molecule has 0 unspecified atom stereocenters. The van der Waals surface area contributed by atoms with Gasteiger partial charge in [0.1, 0.15) is 0 Å². The fourth-order valence-corrected chi connectivity index (χ4v) is 0.677. The Morgan fingerprint density at radius 2 is 1.12 bits per heavy atom. The van der Waals surface area contributed by atoms with E-state index in [-0.39, 0.29) is 37.7 Å². The second-order valence-electron chi connectivity index (χ2n) is 2.06. The molecule has 0 N–H and O–H groups in total. The molecule has 8 heavy (non-hydrogen) atoms. The molecule has 1 heteroatoms. The van der Waals surface area contributed by atoms with Crippen molar-refractivity contribution in [3.63, 3.8) is 0 Å². The third-order valence-corrected chi connectivity index (χ3v) is 1.21. The predicted molar refractivity (Wildman–Crippen MR) is 40.2 cm³/mol. The standard InChI is InChI=1S/C7H16.Ca/c1-3-5-7-6-4-2;/h3-7H2,1-2H3;. The fraction of sp³-hybridized carbons (Fsp3) is 1.00. The van der Waals surface area contributed by atoms with Crippen LogP contribution in [0.3, 0.4) is 0 Å². The van der Waals surface area contributed by atoms with Crippen LogP contribution in [-0.2, 0) is 0 Å². The van der Waals surface area contributed by atoms with Crippen molar-refractivity contribution in [1.29, 1.82) is 0 Å². The van der Waals surface area contributed by atoms with Gasteiger partial charge in [0.05, 0.1) is 0 Å². The Balaban J connectivity index is 0. The number of hydrogen-bond acceptors (Lipinski definition) is 0. The monoisotopic (exact) mass is 140 g/mol. The maximum absolute atomic E-state index is 2.25. The topological polar surface area (TPSA) is 0 Å². The van der Waals surface area contributed by atoms with Gasteiger partial charge >= 0.3 is 0 Å². The number of rotatable bonds is 4. The SMILES string of the molecule is CCCCCCC.[Ca]. The maximum atomic E-state index is 2.25. The third kappa shape index (κ3) is 10.3. The quantitative estimate of drug-likeness (QED) is 0.416. The smallest absolute Gasteiger partial charge is 0 e. The van der Waals surface area contributed by atoms with Crippen LogP contribution in [0.4, 0.5) is 0 Å². The first-order chi connectivity index (χ1) is 3.41. The summed E-state index contributed by atoms with van der Waals surface area (Å²) in [6.45, 7) is 4.49. The summed E-state index contributed by atoms with van der Waals surface area (Å²) in [5, 5.41) is 0. The Hall–Kier alpha value is 1.26. The molecule has 0 fully saturated rings. The molecule has 0 rings (SSSR count). The molecule has 0 aliphatic heterocycles. The molecule has 0 amide bonds. The Morgan fingerprint density at radius 1 is 0.750 bits per heavy atom. The molecule has 0 atom stereocenters. The van der Waals surface area contributed by atoms with Crippen LogP contribution in [-0.4, -0.2) is 37.7 Å². The Kier molecular flexibility index (Phi) is 16.6. The number of unbranched alkanes of at least 4 members (excludes halogenated alkanes) is 4. The van der Waals surface area contributed by atoms with Crippen LogP contribution in [0.1, 0.15) is 46.0 Å². The second kappa shape index (κ2) is 11.1. The van der Waals surface area contributed by atoms with Crippen LogP contribution in [0.5, 0.6) is 0 Å². The van der Waals surface area contributed by atoms with Crippen LogP contribution in [0.2, 0.25) is 0 Å². The molecule has 0 aliphatic carbocycles. The third-order valence-electron chi connectivity index (χ3n) is 1.21. The number of hydrogen-bond donors (Lipinski definition) is 0. The van der Waals surface area contributed by atoms with Gasteiger partial charge in [-0.2, -0.15) is 0 Å². The van der Waals surface area contributed by atoms with E-state index in [2.05, 4.69) is 13.8 Å². The zero-order chi connectivity index (χ0) is 5.54. The molecule has 0 aromatic heterocycles. The Morgan fingerprint density at radius 3 is 1.38 bits per heavy atom. The van der Waals surface area contributed by atoms with Crippen molar-refractivity contribution in [2.45, 2.75) is 46.0 Å². The van der Waals surface area contributed by atoms with E-state index in [1.165, 1.54) is 32.1 Å². The van der Waals surface area contributed by atoms with Gasteiger partial charge in [-0.25, -0.2) is 0 Å². The predicted octanol–water partition coefficient (Wildman–Crippen LogP) is 2.60. The average Bonchev–Trinajstić information content (AvgIpc) is 1.69. The molecule has 0 aliphatic rings. The zero-order valence-corrected chi connectivity index (χ0v) is 8.45. The summed E-state index contributed by atoms with van der Waals surface area (Å²) in [6.07, 6.45) is 7.01. The van der Waals surface area contributed by atoms with Crippen molar-refractivity contribution < 1.29 is 0 Å². The molecule has 0 saturated carbocycles. The molecule has 2 radical (unpaired) electrons. The molecule has 0 heterocycles. The van der Waals surface area contributed by atoms with E-state index < -0.39 is 0 Å². The molecule has 46 valence electrons. The van der Waals surface area contributed by atoms with Gasteiger partial charge < -0.3 is 0 Å². The van der Waals surface area contributed by atoms with Crippen LogP contribution < -0.4 is 0 Å². The van der Waals surface area contributed by atoms with E-state index in [9.17, 15) is 0 Å². The summed E-state index contributed by atoms with van der Waals surface area (Å²) in [7, 11) is 0. The van der Waals surface area contributed by atoms with E-state index >= 15 is 0 Å². The molecule has 0 nitrogen and oxygen atoms in total. The summed E-state index contributed by atoms with van der Waals surface area (Å²) in [6, 6.07) is 0. The van der Waals surface area contributed by atoms with Gasteiger partial charge in [-0.1, -0.05) is 46.0 Å². The molecule has 0 spiro atoms. The minimum Gasteiger partial charge on any atom is -0.0654 e. The maximum Gasteiger partial charge on any atom is 0 e. The van der Waals surface area contributed by atoms with Gasteiger partial charge in [-0.05, 0) is 0 Å². The van der Waals surface area contributed by atoms with Crippen LogP contribution in [0.25, 0.3) is 0 Å². The van der Waals surface area contributed by atoms with Crippen molar-refractivity contribution in [1.82, 2.24) is 0 Å². The molecular formula is C7H16Ca. The van der Waals surface area contributed by atoms with Crippen molar-refractivity contribution >= 4 is 37.7 Å². The van der Waals surface area contributed by atoms with Crippen molar-refractivity contribution in [2.75, 3.05) is 0 Å². The van der Waals surface area contributed by atoms with Crippen molar-refractivity contribution in [3.8, 4) is 0 Å². The van der Waals surface area contributed by atoms with Crippen LogP contribution in [0, 0.1) is 0 Å². The minimum absolute atomic E-state index is 0.